The number of hydrogen-bond acceptors (Lipinski definition) is 6. The van der Waals surface area contributed by atoms with Gasteiger partial charge in [-0.15, -0.1) is 0 Å². The Labute approximate surface area is 190 Å². The lowest BCUT2D eigenvalue weighted by Gasteiger charge is -2.33. The van der Waals surface area contributed by atoms with Crippen LogP contribution in [0.15, 0.2) is 53.7 Å². The maximum atomic E-state index is 13.0. The number of nitrogens with one attached hydrogen (secondary N) is 2. The van der Waals surface area contributed by atoms with Gasteiger partial charge in [-0.25, -0.2) is 14.4 Å². The Morgan fingerprint density at radius 1 is 1.18 bits per heavy atom. The van der Waals surface area contributed by atoms with E-state index in [2.05, 4.69) is 10.6 Å². The maximum Gasteiger partial charge on any atom is 0.339 e. The first-order chi connectivity index (χ1) is 15.8. The molecular formula is C24H23N3O6. The first-order valence-electron chi connectivity index (χ1n) is 10.3. The molecule has 170 valence electrons. The number of carbonyl (C=O) groups excluding carboxylic acids is 4. The van der Waals surface area contributed by atoms with Gasteiger partial charge in [0.25, 0.3) is 0 Å². The molecule has 9 heteroatoms. The van der Waals surface area contributed by atoms with Crippen molar-refractivity contribution in [2.24, 2.45) is 0 Å². The van der Waals surface area contributed by atoms with Crippen LogP contribution in [0.3, 0.4) is 0 Å². The first kappa shape index (κ1) is 22.1. The summed E-state index contributed by atoms with van der Waals surface area (Å²) in [5.74, 6) is -1.67. The molecule has 0 saturated heterocycles. The number of hydrogen-bond donors (Lipinski definition) is 2. The number of benzene rings is 2. The van der Waals surface area contributed by atoms with Crippen molar-refractivity contribution in [3.63, 3.8) is 0 Å². The molecule has 2 aliphatic heterocycles. The molecule has 9 nitrogen and oxygen atoms in total. The number of cyclic esters (lactones) is 1. The van der Waals surface area contributed by atoms with Crippen LogP contribution in [0.1, 0.15) is 33.1 Å². The maximum absolute atomic E-state index is 13.0. The van der Waals surface area contributed by atoms with E-state index >= 15 is 0 Å². The van der Waals surface area contributed by atoms with Crippen molar-refractivity contribution in [3.05, 3.63) is 76.0 Å². The molecule has 0 radical (unpaired) electrons. The fourth-order valence-corrected chi connectivity index (χ4v) is 4.00. The SMILES string of the molecule is COC(=O)c1ccccc1NC(=O)CN1C(=O)NC(c2cc(C)ccc2C)C2=C1COC2=O. The Kier molecular flexibility index (Phi) is 5.87. The molecule has 0 fully saturated rings. The minimum Gasteiger partial charge on any atom is -0.465 e. The lowest BCUT2D eigenvalue weighted by Crippen LogP contribution is -2.49. The summed E-state index contributed by atoms with van der Waals surface area (Å²) in [6.07, 6.45) is 0. The third-order valence-corrected chi connectivity index (χ3v) is 5.65. The Morgan fingerprint density at radius 3 is 2.70 bits per heavy atom. The van der Waals surface area contributed by atoms with Crippen LogP contribution in [0.5, 0.6) is 0 Å². The molecule has 2 aromatic carbocycles. The van der Waals surface area contributed by atoms with Gasteiger partial charge in [-0.3, -0.25) is 9.69 Å². The summed E-state index contributed by atoms with van der Waals surface area (Å²) in [6.45, 7) is 3.37. The number of methoxy groups -OCH3 is 1. The van der Waals surface area contributed by atoms with E-state index in [1.165, 1.54) is 18.1 Å². The Hall–Kier alpha value is -4.14. The lowest BCUT2D eigenvalue weighted by molar-refractivity contribution is -0.136. The topological polar surface area (TPSA) is 114 Å². The summed E-state index contributed by atoms with van der Waals surface area (Å²) in [6, 6.07) is 11.0. The summed E-state index contributed by atoms with van der Waals surface area (Å²) in [4.78, 5) is 51.5. The first-order valence-corrected chi connectivity index (χ1v) is 10.3. The summed E-state index contributed by atoms with van der Waals surface area (Å²) in [5.41, 5.74) is 3.81. The number of para-hydroxylation sites is 1. The number of anilines is 1. The van der Waals surface area contributed by atoms with Gasteiger partial charge in [0.05, 0.1) is 35.7 Å². The van der Waals surface area contributed by atoms with Gasteiger partial charge >= 0.3 is 18.0 Å². The van der Waals surface area contributed by atoms with E-state index in [9.17, 15) is 19.2 Å². The van der Waals surface area contributed by atoms with Crippen LogP contribution in [0.4, 0.5) is 10.5 Å². The van der Waals surface area contributed by atoms with Crippen LogP contribution in [-0.4, -0.2) is 49.0 Å². The van der Waals surface area contributed by atoms with Gasteiger partial charge in [-0.1, -0.05) is 35.9 Å². The van der Waals surface area contributed by atoms with Gasteiger partial charge in [0.2, 0.25) is 5.91 Å². The number of esters is 2. The molecule has 2 heterocycles. The van der Waals surface area contributed by atoms with E-state index in [0.29, 0.717) is 11.3 Å². The molecular weight excluding hydrogens is 426 g/mol. The molecule has 4 rings (SSSR count). The Bertz CT molecular complexity index is 1200. The van der Waals surface area contributed by atoms with Gasteiger partial charge in [-0.05, 0) is 37.1 Å². The molecule has 0 aromatic heterocycles. The smallest absolute Gasteiger partial charge is 0.339 e. The van der Waals surface area contributed by atoms with E-state index in [1.54, 1.807) is 18.2 Å². The third kappa shape index (κ3) is 4.17. The normalized spacial score (nSPS) is 17.3. The highest BCUT2D eigenvalue weighted by atomic mass is 16.5. The minimum atomic E-state index is -0.665. The van der Waals surface area contributed by atoms with Crippen molar-refractivity contribution in [1.82, 2.24) is 10.2 Å². The molecule has 3 amide bonds. The zero-order valence-corrected chi connectivity index (χ0v) is 18.4. The van der Waals surface area contributed by atoms with Gasteiger partial charge in [0, 0.05) is 0 Å². The van der Waals surface area contributed by atoms with Crippen LogP contribution >= 0.6 is 0 Å². The van der Waals surface area contributed by atoms with Gasteiger partial charge in [-0.2, -0.15) is 0 Å². The largest absolute Gasteiger partial charge is 0.465 e. The standard InChI is InChI=1S/C24H23N3O6/c1-13-8-9-14(2)16(10-13)21-20-18(12-33-23(20)30)27(24(31)26-21)11-19(28)25-17-7-5-4-6-15(17)22(29)32-3/h4-10,21H,11-12H2,1-3H3,(H,25,28)(H,26,31). The van der Waals surface area contributed by atoms with Gasteiger partial charge < -0.3 is 20.1 Å². The Morgan fingerprint density at radius 2 is 1.94 bits per heavy atom. The van der Waals surface area contributed by atoms with Crippen LogP contribution in [-0.2, 0) is 19.1 Å². The number of urea groups is 1. The number of rotatable bonds is 5. The monoisotopic (exact) mass is 449 g/mol. The molecule has 2 aromatic rings. The Balaban J connectivity index is 1.62. The van der Waals surface area contributed by atoms with Crippen molar-refractivity contribution in [2.75, 3.05) is 25.6 Å². The number of amides is 3. The molecule has 1 unspecified atom stereocenters. The summed E-state index contributed by atoms with van der Waals surface area (Å²) >= 11 is 0. The average Bonchev–Trinajstić information content (AvgIpc) is 3.18. The molecule has 0 spiro atoms. The van der Waals surface area contributed by atoms with E-state index < -0.39 is 29.9 Å². The third-order valence-electron chi connectivity index (χ3n) is 5.65. The lowest BCUT2D eigenvalue weighted by atomic mass is 9.91. The predicted molar refractivity (Wildman–Crippen MR) is 118 cm³/mol. The van der Waals surface area contributed by atoms with Gasteiger partial charge in [0.15, 0.2) is 0 Å². The zero-order chi connectivity index (χ0) is 23.7. The van der Waals surface area contributed by atoms with Crippen molar-refractivity contribution in [3.8, 4) is 0 Å². The second kappa shape index (κ2) is 8.78. The molecule has 2 aliphatic rings. The number of carbonyl (C=O) groups is 4. The van der Waals surface area contributed by atoms with E-state index in [4.69, 9.17) is 9.47 Å². The summed E-state index contributed by atoms with van der Waals surface area (Å²) < 4.78 is 9.97. The number of aryl methyl sites for hydroxylation is 2. The minimum absolute atomic E-state index is 0.102. The molecule has 0 saturated carbocycles. The number of ether oxygens (including phenoxy) is 2. The highest BCUT2D eigenvalue weighted by molar-refractivity contribution is 6.03. The van der Waals surface area contributed by atoms with Crippen LogP contribution in [0.25, 0.3) is 0 Å². The van der Waals surface area contributed by atoms with Crippen molar-refractivity contribution in [2.45, 2.75) is 19.9 Å². The summed E-state index contributed by atoms with van der Waals surface area (Å²) in [5, 5.41) is 5.47. The van der Waals surface area contributed by atoms with Crippen molar-refractivity contribution >= 4 is 29.6 Å². The van der Waals surface area contributed by atoms with E-state index in [-0.39, 0.29) is 24.4 Å². The fraction of sp³-hybridized carbons (Fsp3) is 0.250. The summed E-state index contributed by atoms with van der Waals surface area (Å²) in [7, 11) is 1.25. The van der Waals surface area contributed by atoms with Crippen molar-refractivity contribution < 1.29 is 28.7 Å². The zero-order valence-electron chi connectivity index (χ0n) is 18.4. The molecule has 1 atom stereocenters. The number of nitrogens with zero attached hydrogens (tertiary/aromatic N) is 1. The van der Waals surface area contributed by atoms with Crippen LogP contribution in [0.2, 0.25) is 0 Å². The van der Waals surface area contributed by atoms with Crippen molar-refractivity contribution in [1.29, 1.82) is 0 Å². The van der Waals surface area contributed by atoms with Crippen LogP contribution in [0, 0.1) is 13.8 Å². The van der Waals surface area contributed by atoms with E-state index in [1.807, 2.05) is 32.0 Å². The average molecular weight is 449 g/mol. The molecule has 0 aliphatic carbocycles. The molecule has 0 bridgehead atoms. The molecule has 33 heavy (non-hydrogen) atoms. The van der Waals surface area contributed by atoms with E-state index in [0.717, 1.165) is 16.7 Å². The fourth-order valence-electron chi connectivity index (χ4n) is 4.00. The second-order valence-corrected chi connectivity index (χ2v) is 7.85. The quantitative estimate of drug-likeness (QED) is 0.679. The van der Waals surface area contributed by atoms with Crippen LogP contribution < -0.4 is 10.6 Å². The second-order valence-electron chi connectivity index (χ2n) is 7.85. The van der Waals surface area contributed by atoms with Gasteiger partial charge in [0.1, 0.15) is 13.2 Å². The highest BCUT2D eigenvalue weighted by Crippen LogP contribution is 2.36. The predicted octanol–water partition coefficient (Wildman–Crippen LogP) is 2.61. The highest BCUT2D eigenvalue weighted by Gasteiger charge is 2.43. The molecule has 2 N–H and O–H groups in total.